The molecule has 5 heteroatoms. The van der Waals surface area contributed by atoms with Crippen LogP contribution in [0.2, 0.25) is 0 Å². The monoisotopic (exact) mass is 278 g/mol. The van der Waals surface area contributed by atoms with Crippen LogP contribution in [0, 0.1) is 6.92 Å². The Bertz CT molecular complexity index is 449. The minimum absolute atomic E-state index is 0.111. The summed E-state index contributed by atoms with van der Waals surface area (Å²) in [6, 6.07) is 2.39. The first-order valence-corrected chi connectivity index (χ1v) is 7.48. The van der Waals surface area contributed by atoms with Gasteiger partial charge in [-0.25, -0.2) is 4.98 Å². The van der Waals surface area contributed by atoms with Gasteiger partial charge in [0, 0.05) is 30.9 Å². The Morgan fingerprint density at radius 3 is 2.65 bits per heavy atom. The molecule has 5 nitrogen and oxygen atoms in total. The Balaban J connectivity index is 2.20. The van der Waals surface area contributed by atoms with Crippen molar-refractivity contribution >= 4 is 5.95 Å². The third kappa shape index (κ3) is 3.60. The fourth-order valence-electron chi connectivity index (χ4n) is 2.75. The van der Waals surface area contributed by atoms with Crippen molar-refractivity contribution in [2.45, 2.75) is 64.6 Å². The SMILES string of the molecule is Cc1cc(OC(C)C)nc(N(C)C2CCCCC2N)n1. The lowest BCUT2D eigenvalue weighted by Gasteiger charge is -2.36. The molecule has 1 aromatic heterocycles. The van der Waals surface area contributed by atoms with E-state index in [0.29, 0.717) is 17.9 Å². The summed E-state index contributed by atoms with van der Waals surface area (Å²) in [5, 5.41) is 0. The second kappa shape index (κ2) is 6.39. The summed E-state index contributed by atoms with van der Waals surface area (Å²) in [7, 11) is 2.03. The van der Waals surface area contributed by atoms with Gasteiger partial charge >= 0.3 is 0 Å². The van der Waals surface area contributed by atoms with Crippen LogP contribution in [0.4, 0.5) is 5.95 Å². The molecule has 0 radical (unpaired) electrons. The quantitative estimate of drug-likeness (QED) is 0.915. The molecule has 2 rings (SSSR count). The largest absolute Gasteiger partial charge is 0.475 e. The van der Waals surface area contributed by atoms with Crippen LogP contribution in [-0.4, -0.2) is 35.2 Å². The van der Waals surface area contributed by atoms with E-state index in [1.165, 1.54) is 12.8 Å². The lowest BCUT2D eigenvalue weighted by atomic mass is 9.90. The highest BCUT2D eigenvalue weighted by Crippen LogP contribution is 2.25. The molecule has 112 valence electrons. The van der Waals surface area contributed by atoms with Gasteiger partial charge in [0.25, 0.3) is 0 Å². The normalized spacial score (nSPS) is 22.9. The van der Waals surface area contributed by atoms with Crippen LogP contribution >= 0.6 is 0 Å². The van der Waals surface area contributed by atoms with E-state index < -0.39 is 0 Å². The Morgan fingerprint density at radius 1 is 1.30 bits per heavy atom. The average Bonchev–Trinajstić information content (AvgIpc) is 2.37. The Hall–Kier alpha value is -1.36. The average molecular weight is 278 g/mol. The Kier molecular flexibility index (Phi) is 4.81. The smallest absolute Gasteiger partial charge is 0.228 e. The molecule has 1 fully saturated rings. The molecule has 0 aliphatic heterocycles. The molecule has 1 aromatic rings. The summed E-state index contributed by atoms with van der Waals surface area (Å²) in [5.74, 6) is 1.35. The zero-order valence-electron chi connectivity index (χ0n) is 13.0. The number of nitrogens with two attached hydrogens (primary N) is 1. The van der Waals surface area contributed by atoms with Crippen molar-refractivity contribution in [1.82, 2.24) is 9.97 Å². The number of likely N-dealkylation sites (N-methyl/N-ethyl adjacent to an activating group) is 1. The number of aromatic nitrogens is 2. The van der Waals surface area contributed by atoms with Crippen LogP contribution in [0.5, 0.6) is 5.88 Å². The van der Waals surface area contributed by atoms with Crippen molar-refractivity contribution in [2.24, 2.45) is 5.73 Å². The van der Waals surface area contributed by atoms with Crippen LogP contribution in [0.25, 0.3) is 0 Å². The Labute approximate surface area is 121 Å². The summed E-state index contributed by atoms with van der Waals surface area (Å²) in [5.41, 5.74) is 7.16. The van der Waals surface area contributed by atoms with E-state index in [9.17, 15) is 0 Å². The number of aryl methyl sites for hydroxylation is 1. The lowest BCUT2D eigenvalue weighted by Crippen LogP contribution is -2.48. The molecule has 0 amide bonds. The molecule has 1 aliphatic carbocycles. The minimum Gasteiger partial charge on any atom is -0.475 e. The highest BCUT2D eigenvalue weighted by atomic mass is 16.5. The number of ether oxygens (including phenoxy) is 1. The van der Waals surface area contributed by atoms with Crippen LogP contribution in [0.15, 0.2) is 6.07 Å². The molecule has 0 aromatic carbocycles. The maximum Gasteiger partial charge on any atom is 0.228 e. The van der Waals surface area contributed by atoms with Gasteiger partial charge in [0.05, 0.1) is 6.10 Å². The zero-order valence-corrected chi connectivity index (χ0v) is 13.0. The molecule has 2 unspecified atom stereocenters. The zero-order chi connectivity index (χ0) is 14.7. The highest BCUT2D eigenvalue weighted by molar-refractivity contribution is 5.35. The van der Waals surface area contributed by atoms with Gasteiger partial charge in [0.2, 0.25) is 11.8 Å². The van der Waals surface area contributed by atoms with Gasteiger partial charge in [0.15, 0.2) is 0 Å². The van der Waals surface area contributed by atoms with Crippen molar-refractivity contribution in [2.75, 3.05) is 11.9 Å². The van der Waals surface area contributed by atoms with E-state index in [-0.39, 0.29) is 12.1 Å². The van der Waals surface area contributed by atoms with Gasteiger partial charge < -0.3 is 15.4 Å². The summed E-state index contributed by atoms with van der Waals surface area (Å²) >= 11 is 0. The number of rotatable bonds is 4. The van der Waals surface area contributed by atoms with Gasteiger partial charge in [-0.05, 0) is 33.6 Å². The lowest BCUT2D eigenvalue weighted by molar-refractivity contribution is 0.232. The molecular formula is C15H26N4O. The van der Waals surface area contributed by atoms with E-state index in [2.05, 4.69) is 14.9 Å². The fraction of sp³-hybridized carbons (Fsp3) is 0.733. The van der Waals surface area contributed by atoms with Crippen LogP contribution in [0.1, 0.15) is 45.2 Å². The van der Waals surface area contributed by atoms with Crippen molar-refractivity contribution in [3.05, 3.63) is 11.8 Å². The molecule has 2 N–H and O–H groups in total. The van der Waals surface area contributed by atoms with E-state index in [0.717, 1.165) is 18.5 Å². The standard InChI is InChI=1S/C15H26N4O/c1-10(2)20-14-9-11(3)17-15(18-14)19(4)13-8-6-5-7-12(13)16/h9-10,12-13H,5-8,16H2,1-4H3. The predicted molar refractivity (Wildman–Crippen MR) is 81.2 cm³/mol. The molecular weight excluding hydrogens is 252 g/mol. The van der Waals surface area contributed by atoms with E-state index >= 15 is 0 Å². The third-order valence-corrected chi connectivity index (χ3v) is 3.77. The maximum atomic E-state index is 6.25. The van der Waals surface area contributed by atoms with Crippen molar-refractivity contribution < 1.29 is 4.74 Å². The molecule has 20 heavy (non-hydrogen) atoms. The summed E-state index contributed by atoms with van der Waals surface area (Å²) in [6.45, 7) is 5.96. The third-order valence-electron chi connectivity index (χ3n) is 3.77. The first-order chi connectivity index (χ1) is 9.47. The van der Waals surface area contributed by atoms with E-state index in [1.54, 1.807) is 0 Å². The molecule has 1 aliphatic rings. The van der Waals surface area contributed by atoms with Gasteiger partial charge in [-0.1, -0.05) is 12.8 Å². The Morgan fingerprint density at radius 2 is 2.00 bits per heavy atom. The second-order valence-electron chi connectivity index (χ2n) is 5.94. The van der Waals surface area contributed by atoms with Crippen LogP contribution in [-0.2, 0) is 0 Å². The van der Waals surface area contributed by atoms with E-state index in [4.69, 9.17) is 10.5 Å². The van der Waals surface area contributed by atoms with Crippen molar-refractivity contribution in [3.8, 4) is 5.88 Å². The fourth-order valence-corrected chi connectivity index (χ4v) is 2.75. The number of hydrogen-bond acceptors (Lipinski definition) is 5. The number of hydrogen-bond donors (Lipinski definition) is 1. The van der Waals surface area contributed by atoms with Gasteiger partial charge in [-0.15, -0.1) is 0 Å². The highest BCUT2D eigenvalue weighted by Gasteiger charge is 2.27. The molecule has 1 heterocycles. The number of anilines is 1. The maximum absolute atomic E-state index is 6.25. The first kappa shape index (κ1) is 15.0. The molecule has 0 saturated heterocycles. The summed E-state index contributed by atoms with van der Waals surface area (Å²) in [6.07, 6.45) is 4.75. The predicted octanol–water partition coefficient (Wildman–Crippen LogP) is 2.28. The van der Waals surface area contributed by atoms with Gasteiger partial charge in [-0.3, -0.25) is 0 Å². The van der Waals surface area contributed by atoms with Gasteiger partial charge in [0.1, 0.15) is 0 Å². The second-order valence-corrected chi connectivity index (χ2v) is 5.94. The van der Waals surface area contributed by atoms with Crippen LogP contribution < -0.4 is 15.4 Å². The molecule has 1 saturated carbocycles. The van der Waals surface area contributed by atoms with Crippen LogP contribution in [0.3, 0.4) is 0 Å². The first-order valence-electron chi connectivity index (χ1n) is 7.48. The molecule has 0 bridgehead atoms. The topological polar surface area (TPSA) is 64.3 Å². The van der Waals surface area contributed by atoms with Gasteiger partial charge in [-0.2, -0.15) is 4.98 Å². The molecule has 0 spiro atoms. The minimum atomic E-state index is 0.111. The molecule has 2 atom stereocenters. The summed E-state index contributed by atoms with van der Waals surface area (Å²) < 4.78 is 5.69. The van der Waals surface area contributed by atoms with Crippen molar-refractivity contribution in [1.29, 1.82) is 0 Å². The summed E-state index contributed by atoms with van der Waals surface area (Å²) in [4.78, 5) is 11.2. The number of nitrogens with zero attached hydrogens (tertiary/aromatic N) is 3. The van der Waals surface area contributed by atoms with Crippen molar-refractivity contribution in [3.63, 3.8) is 0 Å². The van der Waals surface area contributed by atoms with E-state index in [1.807, 2.05) is 33.9 Å².